The molecule has 2 aliphatic heterocycles. The molecule has 4 rings (SSSR count). The van der Waals surface area contributed by atoms with Crippen molar-refractivity contribution in [1.29, 1.82) is 0 Å². The molecule has 1 atom stereocenters. The van der Waals surface area contributed by atoms with Crippen molar-refractivity contribution in [3.8, 4) is 0 Å². The molecule has 1 N–H and O–H groups in total. The number of carbonyl (C=O) groups excluding carboxylic acids is 1. The number of carbonyl (C=O) groups is 1. The van der Waals surface area contributed by atoms with Crippen LogP contribution in [-0.4, -0.2) is 51.2 Å². The summed E-state index contributed by atoms with van der Waals surface area (Å²) in [4.78, 5) is 17.3. The van der Waals surface area contributed by atoms with E-state index in [1.54, 1.807) is 24.3 Å². The van der Waals surface area contributed by atoms with E-state index in [1.807, 2.05) is 11.8 Å². The number of rotatable bonds is 5. The van der Waals surface area contributed by atoms with Crippen LogP contribution in [0.3, 0.4) is 0 Å². The molecule has 170 valence electrons. The third-order valence-corrected chi connectivity index (χ3v) is 7.44. The summed E-state index contributed by atoms with van der Waals surface area (Å²) < 4.78 is 28.8. The van der Waals surface area contributed by atoms with Gasteiger partial charge in [0.05, 0.1) is 5.69 Å². The van der Waals surface area contributed by atoms with E-state index in [0.29, 0.717) is 37.5 Å². The summed E-state index contributed by atoms with van der Waals surface area (Å²) >= 11 is 0. The molecule has 1 saturated heterocycles. The average Bonchev–Trinajstić information content (AvgIpc) is 2.73. The number of amides is 1. The van der Waals surface area contributed by atoms with Crippen LogP contribution in [0.25, 0.3) is 0 Å². The number of amidine groups is 1. The van der Waals surface area contributed by atoms with E-state index in [-0.39, 0.29) is 16.7 Å². The minimum absolute atomic E-state index is 0.0217. The van der Waals surface area contributed by atoms with Crippen molar-refractivity contribution in [3.05, 3.63) is 53.6 Å². The van der Waals surface area contributed by atoms with E-state index in [9.17, 15) is 13.2 Å². The summed E-state index contributed by atoms with van der Waals surface area (Å²) in [5.41, 5.74) is 4.29. The van der Waals surface area contributed by atoms with E-state index >= 15 is 0 Å². The van der Waals surface area contributed by atoms with Crippen molar-refractivity contribution in [2.45, 2.75) is 38.5 Å². The number of nitrogens with one attached hydrogen (secondary N) is 1. The normalized spacial score (nSPS) is 18.4. The van der Waals surface area contributed by atoms with E-state index in [1.165, 1.54) is 16.8 Å². The Bertz CT molecular complexity index is 1150. The molecule has 0 aromatic heterocycles. The first-order valence-corrected chi connectivity index (χ1v) is 12.5. The molecule has 2 aliphatic rings. The molecule has 0 spiro atoms. The molecular formula is C24H30N4O3S. The standard InChI is InChI=1S/C24H30N4O3S/c1-17-8-9-21(19(3)14-17)27-10-12-28(13-11-27)24(29)16-18(2)15-23-25-20-6-4-5-7-22(20)32(30,31)26-23/h4-9,14,18H,10-13,15-16H2,1-3H3,(H,25,26). The lowest BCUT2D eigenvalue weighted by molar-refractivity contribution is -0.132. The summed E-state index contributed by atoms with van der Waals surface area (Å²) in [6, 6.07) is 13.2. The second-order valence-electron chi connectivity index (χ2n) is 8.81. The second kappa shape index (κ2) is 8.94. The molecule has 0 saturated carbocycles. The zero-order valence-electron chi connectivity index (χ0n) is 18.8. The van der Waals surface area contributed by atoms with Crippen LogP contribution in [0.2, 0.25) is 0 Å². The number of aryl methyl sites for hydroxylation is 2. The summed E-state index contributed by atoms with van der Waals surface area (Å²) in [5, 5.41) is 3.11. The highest BCUT2D eigenvalue weighted by Crippen LogP contribution is 2.28. The number of hydrogen-bond acceptors (Lipinski definition) is 5. The van der Waals surface area contributed by atoms with Crippen molar-refractivity contribution in [3.63, 3.8) is 0 Å². The molecule has 1 fully saturated rings. The summed E-state index contributed by atoms with van der Waals surface area (Å²) in [5.74, 6) is 0.479. The molecule has 2 aromatic carbocycles. The highest BCUT2D eigenvalue weighted by Gasteiger charge is 2.27. The van der Waals surface area contributed by atoms with Crippen LogP contribution < -0.4 is 10.2 Å². The Morgan fingerprint density at radius 3 is 2.53 bits per heavy atom. The second-order valence-corrected chi connectivity index (χ2v) is 10.4. The zero-order chi connectivity index (χ0) is 22.9. The Morgan fingerprint density at radius 2 is 1.81 bits per heavy atom. The number of anilines is 2. The Kier molecular flexibility index (Phi) is 6.24. The van der Waals surface area contributed by atoms with E-state index in [0.717, 1.165) is 13.1 Å². The van der Waals surface area contributed by atoms with Crippen molar-refractivity contribution in [2.24, 2.45) is 10.3 Å². The van der Waals surface area contributed by atoms with Gasteiger partial charge in [-0.1, -0.05) is 36.8 Å². The molecule has 1 unspecified atom stereocenters. The van der Waals surface area contributed by atoms with Crippen LogP contribution in [0.5, 0.6) is 0 Å². The minimum Gasteiger partial charge on any atom is -0.368 e. The lowest BCUT2D eigenvalue weighted by Crippen LogP contribution is -2.49. The Morgan fingerprint density at radius 1 is 1.09 bits per heavy atom. The Hall–Kier alpha value is -2.87. The van der Waals surface area contributed by atoms with Gasteiger partial charge in [-0.2, -0.15) is 8.42 Å². The van der Waals surface area contributed by atoms with Crippen LogP contribution in [-0.2, 0) is 14.8 Å². The SMILES string of the molecule is Cc1ccc(N2CCN(C(=O)CC(C)CC3=NS(=O)(=O)c4ccccc4N3)CC2)c(C)c1. The van der Waals surface area contributed by atoms with Gasteiger partial charge in [0, 0.05) is 44.7 Å². The maximum atomic E-state index is 12.9. The number of hydrogen-bond donors (Lipinski definition) is 1. The van der Waals surface area contributed by atoms with E-state index in [4.69, 9.17) is 0 Å². The fourth-order valence-corrected chi connectivity index (χ4v) is 5.60. The first-order valence-electron chi connectivity index (χ1n) is 11.0. The lowest BCUT2D eigenvalue weighted by Gasteiger charge is -2.37. The van der Waals surface area contributed by atoms with Gasteiger partial charge in [-0.25, -0.2) is 0 Å². The van der Waals surface area contributed by atoms with Crippen LogP contribution in [0, 0.1) is 19.8 Å². The summed E-state index contributed by atoms with van der Waals surface area (Å²) in [6.45, 7) is 9.20. The van der Waals surface area contributed by atoms with Crippen LogP contribution >= 0.6 is 0 Å². The monoisotopic (exact) mass is 454 g/mol. The number of sulfonamides is 1. The molecule has 7 nitrogen and oxygen atoms in total. The molecule has 0 bridgehead atoms. The molecular weight excluding hydrogens is 424 g/mol. The van der Waals surface area contributed by atoms with Crippen molar-refractivity contribution >= 4 is 33.1 Å². The van der Waals surface area contributed by atoms with Gasteiger partial charge < -0.3 is 15.1 Å². The number of nitrogens with zero attached hydrogens (tertiary/aromatic N) is 3. The molecule has 2 aromatic rings. The van der Waals surface area contributed by atoms with Gasteiger partial charge in [0.25, 0.3) is 10.0 Å². The lowest BCUT2D eigenvalue weighted by atomic mass is 10.0. The smallest absolute Gasteiger partial charge is 0.286 e. The van der Waals surface area contributed by atoms with Crippen molar-refractivity contribution < 1.29 is 13.2 Å². The molecule has 1 amide bonds. The predicted molar refractivity (Wildman–Crippen MR) is 128 cm³/mol. The van der Waals surface area contributed by atoms with Crippen LogP contribution in [0.4, 0.5) is 11.4 Å². The zero-order valence-corrected chi connectivity index (χ0v) is 19.7. The highest BCUT2D eigenvalue weighted by molar-refractivity contribution is 7.90. The van der Waals surface area contributed by atoms with Crippen LogP contribution in [0.15, 0.2) is 51.8 Å². The topological polar surface area (TPSA) is 82.1 Å². The average molecular weight is 455 g/mol. The van der Waals surface area contributed by atoms with Gasteiger partial charge in [-0.3, -0.25) is 4.79 Å². The number of piperazine rings is 1. The number of para-hydroxylation sites is 1. The molecule has 8 heteroatoms. The Balaban J connectivity index is 1.32. The number of benzene rings is 2. The molecule has 32 heavy (non-hydrogen) atoms. The fourth-order valence-electron chi connectivity index (χ4n) is 4.44. The fraction of sp³-hybridized carbons (Fsp3) is 0.417. The third kappa shape index (κ3) is 4.80. The largest absolute Gasteiger partial charge is 0.368 e. The minimum atomic E-state index is -3.70. The molecule has 2 heterocycles. The number of fused-ring (bicyclic) bond motifs is 1. The van der Waals surface area contributed by atoms with Crippen molar-refractivity contribution in [2.75, 3.05) is 36.4 Å². The first kappa shape index (κ1) is 22.3. The van der Waals surface area contributed by atoms with Gasteiger partial charge >= 0.3 is 0 Å². The van der Waals surface area contributed by atoms with Gasteiger partial charge in [-0.05, 0) is 43.5 Å². The van der Waals surface area contributed by atoms with Gasteiger partial charge in [0.1, 0.15) is 10.7 Å². The molecule has 0 aliphatic carbocycles. The molecule has 0 radical (unpaired) electrons. The van der Waals surface area contributed by atoms with E-state index in [2.05, 4.69) is 46.7 Å². The van der Waals surface area contributed by atoms with Crippen LogP contribution in [0.1, 0.15) is 30.9 Å². The summed E-state index contributed by atoms with van der Waals surface area (Å²) in [7, 11) is -3.70. The predicted octanol–water partition coefficient (Wildman–Crippen LogP) is 3.58. The Labute approximate surface area is 190 Å². The van der Waals surface area contributed by atoms with Gasteiger partial charge in [-0.15, -0.1) is 4.40 Å². The van der Waals surface area contributed by atoms with E-state index < -0.39 is 10.0 Å². The third-order valence-electron chi connectivity index (χ3n) is 6.06. The van der Waals surface area contributed by atoms with Gasteiger partial charge in [0.15, 0.2) is 0 Å². The summed E-state index contributed by atoms with van der Waals surface area (Å²) in [6.07, 6.45) is 0.772. The first-order chi connectivity index (χ1) is 15.2. The van der Waals surface area contributed by atoms with Gasteiger partial charge in [0.2, 0.25) is 5.91 Å². The quantitative estimate of drug-likeness (QED) is 0.747. The maximum absolute atomic E-state index is 12.9. The van der Waals surface area contributed by atoms with Crippen molar-refractivity contribution in [1.82, 2.24) is 4.90 Å². The highest BCUT2D eigenvalue weighted by atomic mass is 32.2. The maximum Gasteiger partial charge on any atom is 0.286 e.